The van der Waals surface area contributed by atoms with E-state index in [1.807, 2.05) is 48.5 Å². The van der Waals surface area contributed by atoms with E-state index in [1.54, 1.807) is 18.3 Å². The maximum Gasteiger partial charge on any atom is 0.269 e. The predicted molar refractivity (Wildman–Crippen MR) is 110 cm³/mol. The van der Waals surface area contributed by atoms with Crippen molar-refractivity contribution in [3.8, 4) is 34.2 Å². The number of benzene rings is 2. The van der Waals surface area contributed by atoms with E-state index in [0.29, 0.717) is 28.4 Å². The lowest BCUT2D eigenvalue weighted by atomic mass is 10.0. The Kier molecular flexibility index (Phi) is 4.21. The molecule has 2 aromatic carbocycles. The van der Waals surface area contributed by atoms with E-state index in [-0.39, 0.29) is 11.6 Å². The standard InChI is InChI=1S/C22H13N5O3/c28-27(29)17-10-8-15(9-11-17)21-25-26-22(30-21)18-13-16-7-4-12-23-20(16)24-19(18)14-5-2-1-3-6-14/h1-13H. The Bertz CT molecular complexity index is 1360. The Morgan fingerprint density at radius 2 is 1.60 bits per heavy atom. The van der Waals surface area contributed by atoms with Gasteiger partial charge in [-0.3, -0.25) is 10.1 Å². The molecule has 0 saturated carbocycles. The van der Waals surface area contributed by atoms with Crippen molar-refractivity contribution in [2.45, 2.75) is 0 Å². The summed E-state index contributed by atoms with van der Waals surface area (Å²) in [5.41, 5.74) is 3.47. The van der Waals surface area contributed by atoms with Crippen molar-refractivity contribution in [1.29, 1.82) is 0 Å². The molecule has 0 aliphatic rings. The van der Waals surface area contributed by atoms with E-state index in [9.17, 15) is 10.1 Å². The van der Waals surface area contributed by atoms with Crippen molar-refractivity contribution in [2.24, 2.45) is 0 Å². The summed E-state index contributed by atoms with van der Waals surface area (Å²) in [6.07, 6.45) is 1.70. The van der Waals surface area contributed by atoms with Crippen LogP contribution in [0.25, 0.3) is 45.2 Å². The van der Waals surface area contributed by atoms with Gasteiger partial charge in [0, 0.05) is 34.8 Å². The highest BCUT2D eigenvalue weighted by molar-refractivity contribution is 5.88. The van der Waals surface area contributed by atoms with Crippen molar-refractivity contribution in [1.82, 2.24) is 20.2 Å². The first kappa shape index (κ1) is 17.6. The van der Waals surface area contributed by atoms with E-state index in [2.05, 4.69) is 15.2 Å². The van der Waals surface area contributed by atoms with Crippen LogP contribution in [0.15, 0.2) is 83.4 Å². The summed E-state index contributed by atoms with van der Waals surface area (Å²) in [6.45, 7) is 0. The van der Waals surface area contributed by atoms with Crippen LogP contribution in [0, 0.1) is 10.1 Å². The average Bonchev–Trinajstić information content (AvgIpc) is 3.29. The topological polar surface area (TPSA) is 108 Å². The molecular weight excluding hydrogens is 382 g/mol. The van der Waals surface area contributed by atoms with Crippen LogP contribution in [0.5, 0.6) is 0 Å². The number of pyridine rings is 2. The third-order valence-electron chi connectivity index (χ3n) is 4.62. The van der Waals surface area contributed by atoms with E-state index in [4.69, 9.17) is 9.40 Å². The van der Waals surface area contributed by atoms with Crippen molar-refractivity contribution in [2.75, 3.05) is 0 Å². The van der Waals surface area contributed by atoms with Crippen molar-refractivity contribution >= 4 is 16.7 Å². The molecule has 0 N–H and O–H groups in total. The smallest absolute Gasteiger partial charge is 0.269 e. The van der Waals surface area contributed by atoms with E-state index in [1.165, 1.54) is 12.1 Å². The molecular formula is C22H13N5O3. The number of fused-ring (bicyclic) bond motifs is 1. The van der Waals surface area contributed by atoms with Gasteiger partial charge in [0.15, 0.2) is 5.65 Å². The molecule has 3 heterocycles. The van der Waals surface area contributed by atoms with Crippen LogP contribution < -0.4 is 0 Å². The fraction of sp³-hybridized carbons (Fsp3) is 0. The van der Waals surface area contributed by atoms with Crippen LogP contribution in [0.3, 0.4) is 0 Å². The summed E-state index contributed by atoms with van der Waals surface area (Å²) >= 11 is 0. The zero-order chi connectivity index (χ0) is 20.5. The fourth-order valence-corrected chi connectivity index (χ4v) is 3.16. The first-order valence-electron chi connectivity index (χ1n) is 9.09. The Morgan fingerprint density at radius 3 is 2.37 bits per heavy atom. The van der Waals surface area contributed by atoms with Crippen LogP contribution in [0.2, 0.25) is 0 Å². The van der Waals surface area contributed by atoms with Gasteiger partial charge in [0.1, 0.15) is 0 Å². The maximum absolute atomic E-state index is 10.9. The van der Waals surface area contributed by atoms with Crippen molar-refractivity contribution in [3.05, 3.63) is 89.1 Å². The van der Waals surface area contributed by atoms with Gasteiger partial charge in [0.2, 0.25) is 11.8 Å². The molecule has 0 unspecified atom stereocenters. The van der Waals surface area contributed by atoms with Crippen LogP contribution in [0.1, 0.15) is 0 Å². The quantitative estimate of drug-likeness (QED) is 0.314. The minimum atomic E-state index is -0.454. The molecule has 0 bridgehead atoms. The second-order valence-corrected chi connectivity index (χ2v) is 6.52. The molecule has 144 valence electrons. The van der Waals surface area contributed by atoms with Gasteiger partial charge < -0.3 is 4.42 Å². The van der Waals surface area contributed by atoms with Gasteiger partial charge in [0.25, 0.3) is 5.69 Å². The predicted octanol–water partition coefficient (Wildman–Crippen LogP) is 4.92. The van der Waals surface area contributed by atoms with Gasteiger partial charge in [0.05, 0.1) is 16.2 Å². The third-order valence-corrected chi connectivity index (χ3v) is 4.62. The molecule has 8 nitrogen and oxygen atoms in total. The molecule has 5 aromatic rings. The third kappa shape index (κ3) is 3.16. The Labute approximate surface area is 170 Å². The van der Waals surface area contributed by atoms with Gasteiger partial charge in [-0.25, -0.2) is 9.97 Å². The number of nitro groups is 1. The molecule has 0 aliphatic heterocycles. The first-order valence-corrected chi connectivity index (χ1v) is 9.09. The number of hydrogen-bond acceptors (Lipinski definition) is 7. The zero-order valence-corrected chi connectivity index (χ0v) is 15.5. The van der Waals surface area contributed by atoms with Gasteiger partial charge >= 0.3 is 0 Å². The molecule has 0 amide bonds. The molecule has 0 fully saturated rings. The molecule has 0 atom stereocenters. The monoisotopic (exact) mass is 395 g/mol. The summed E-state index contributed by atoms with van der Waals surface area (Å²) in [6, 6.07) is 21.3. The van der Waals surface area contributed by atoms with E-state index >= 15 is 0 Å². The van der Waals surface area contributed by atoms with Gasteiger partial charge in [-0.2, -0.15) is 0 Å². The Hall–Kier alpha value is -4.46. The SMILES string of the molecule is O=[N+]([O-])c1ccc(-c2nnc(-c3cc4cccnc4nc3-c3ccccc3)o2)cc1. The number of hydrogen-bond donors (Lipinski definition) is 0. The normalized spacial score (nSPS) is 10.9. The van der Waals surface area contributed by atoms with Gasteiger partial charge in [-0.05, 0) is 30.3 Å². The Balaban J connectivity index is 1.63. The summed E-state index contributed by atoms with van der Waals surface area (Å²) in [4.78, 5) is 19.5. The maximum atomic E-state index is 10.9. The molecule has 0 spiro atoms. The van der Waals surface area contributed by atoms with Gasteiger partial charge in [-0.1, -0.05) is 30.3 Å². The second-order valence-electron chi connectivity index (χ2n) is 6.52. The number of nitrogens with zero attached hydrogens (tertiary/aromatic N) is 5. The lowest BCUT2D eigenvalue weighted by Crippen LogP contribution is -1.93. The van der Waals surface area contributed by atoms with Crippen LogP contribution in [-0.2, 0) is 0 Å². The fourth-order valence-electron chi connectivity index (χ4n) is 3.16. The highest BCUT2D eigenvalue weighted by atomic mass is 16.6. The summed E-state index contributed by atoms with van der Waals surface area (Å²) in [5.74, 6) is 0.575. The molecule has 3 aromatic heterocycles. The number of nitro benzene ring substituents is 1. The molecule has 30 heavy (non-hydrogen) atoms. The minimum absolute atomic E-state index is 0.00363. The zero-order valence-electron chi connectivity index (χ0n) is 15.5. The Morgan fingerprint density at radius 1 is 0.833 bits per heavy atom. The van der Waals surface area contributed by atoms with Crippen LogP contribution >= 0.6 is 0 Å². The molecule has 8 heteroatoms. The lowest BCUT2D eigenvalue weighted by Gasteiger charge is -2.07. The highest BCUT2D eigenvalue weighted by Crippen LogP contribution is 2.33. The molecule has 5 rings (SSSR count). The summed E-state index contributed by atoms with van der Waals surface area (Å²) in [7, 11) is 0. The lowest BCUT2D eigenvalue weighted by molar-refractivity contribution is -0.384. The second kappa shape index (κ2) is 7.17. The van der Waals surface area contributed by atoms with Crippen LogP contribution in [0.4, 0.5) is 5.69 Å². The number of aromatic nitrogens is 4. The molecule has 0 radical (unpaired) electrons. The van der Waals surface area contributed by atoms with Crippen molar-refractivity contribution in [3.63, 3.8) is 0 Å². The minimum Gasteiger partial charge on any atom is -0.416 e. The highest BCUT2D eigenvalue weighted by Gasteiger charge is 2.18. The summed E-state index contributed by atoms with van der Waals surface area (Å²) < 4.78 is 5.91. The van der Waals surface area contributed by atoms with Gasteiger partial charge in [-0.15, -0.1) is 10.2 Å². The van der Waals surface area contributed by atoms with Crippen LogP contribution in [-0.4, -0.2) is 25.1 Å². The average molecular weight is 395 g/mol. The summed E-state index contributed by atoms with van der Waals surface area (Å²) in [5, 5.41) is 20.0. The first-order chi connectivity index (χ1) is 14.7. The largest absolute Gasteiger partial charge is 0.416 e. The van der Waals surface area contributed by atoms with E-state index < -0.39 is 4.92 Å². The molecule has 0 saturated heterocycles. The van der Waals surface area contributed by atoms with Crippen molar-refractivity contribution < 1.29 is 9.34 Å². The molecule has 0 aliphatic carbocycles. The van der Waals surface area contributed by atoms with E-state index in [0.717, 1.165) is 10.9 Å². The number of rotatable bonds is 4. The number of non-ortho nitro benzene ring substituents is 1.